The topological polar surface area (TPSA) is 98.9 Å². The predicted octanol–water partition coefficient (Wildman–Crippen LogP) is 1.95. The van der Waals surface area contributed by atoms with Crippen LogP contribution in [0.5, 0.6) is 0 Å². The second kappa shape index (κ2) is 8.21. The summed E-state index contributed by atoms with van der Waals surface area (Å²) in [6.07, 6.45) is -0.366. The lowest BCUT2D eigenvalue weighted by atomic mass is 10.1. The first-order chi connectivity index (χ1) is 8.65. The average molecular weight is 291 g/mol. The van der Waals surface area contributed by atoms with Crippen molar-refractivity contribution in [1.29, 1.82) is 0 Å². The molecule has 0 aliphatic carbocycles. The van der Waals surface area contributed by atoms with E-state index in [0.29, 0.717) is 0 Å². The molecule has 0 bridgehead atoms. The largest absolute Gasteiger partial charge is 0.481 e. The van der Waals surface area contributed by atoms with Gasteiger partial charge in [-0.15, -0.1) is 0 Å². The maximum Gasteiger partial charge on any atom is 0.326 e. The molecule has 20 heavy (non-hydrogen) atoms. The molecule has 6 heteroatoms. The highest BCUT2D eigenvalue weighted by atomic mass is 16.6. The number of carboxylic acid groups (broad SMARTS) is 1. The molecule has 0 unspecified atom stereocenters. The number of carboxylic acids is 1. The minimum absolute atomic E-state index is 0.320. The first-order valence-corrected chi connectivity index (χ1v) is 6.51. The van der Waals surface area contributed by atoms with Crippen molar-refractivity contribution in [2.45, 2.75) is 78.7 Å². The summed E-state index contributed by atoms with van der Waals surface area (Å²) in [5.74, 6) is -1.26. The SMILES string of the molecule is CC(=O)O.C[C@H](OC(C)(C)C)[C@@H](N)C(=O)OC(C)(C)C. The lowest BCUT2D eigenvalue weighted by Gasteiger charge is -2.29. The number of hydrogen-bond donors (Lipinski definition) is 2. The zero-order valence-corrected chi connectivity index (χ0v) is 13.8. The molecule has 2 atom stereocenters. The maximum atomic E-state index is 11.7. The van der Waals surface area contributed by atoms with Crippen LogP contribution in [-0.4, -0.2) is 40.4 Å². The number of aliphatic carboxylic acids is 1. The van der Waals surface area contributed by atoms with Crippen molar-refractivity contribution < 1.29 is 24.2 Å². The van der Waals surface area contributed by atoms with E-state index < -0.39 is 23.6 Å². The summed E-state index contributed by atoms with van der Waals surface area (Å²) in [6.45, 7) is 14.1. The van der Waals surface area contributed by atoms with Gasteiger partial charge in [-0.2, -0.15) is 0 Å². The lowest BCUT2D eigenvalue weighted by molar-refractivity contribution is -0.162. The first kappa shape index (κ1) is 21.2. The molecule has 3 N–H and O–H groups in total. The van der Waals surface area contributed by atoms with E-state index in [1.807, 2.05) is 41.5 Å². The predicted molar refractivity (Wildman–Crippen MR) is 77.4 cm³/mol. The first-order valence-electron chi connectivity index (χ1n) is 6.51. The third kappa shape index (κ3) is 14.9. The molecule has 0 amide bonds. The van der Waals surface area contributed by atoms with Crippen LogP contribution in [0, 0.1) is 0 Å². The van der Waals surface area contributed by atoms with Crippen LogP contribution in [0.25, 0.3) is 0 Å². The molecule has 0 rings (SSSR count). The van der Waals surface area contributed by atoms with Gasteiger partial charge in [0.05, 0.1) is 11.7 Å². The summed E-state index contributed by atoms with van der Waals surface area (Å²) in [5, 5.41) is 7.42. The number of hydrogen-bond acceptors (Lipinski definition) is 5. The van der Waals surface area contributed by atoms with E-state index in [2.05, 4.69) is 0 Å². The molecule has 0 heterocycles. The quantitative estimate of drug-likeness (QED) is 0.771. The second-order valence-electron chi connectivity index (χ2n) is 6.51. The Kier molecular flexibility index (Phi) is 8.69. The van der Waals surface area contributed by atoms with Crippen molar-refractivity contribution >= 4 is 11.9 Å². The monoisotopic (exact) mass is 291 g/mol. The van der Waals surface area contributed by atoms with Crippen molar-refractivity contribution in [3.8, 4) is 0 Å². The van der Waals surface area contributed by atoms with Gasteiger partial charge < -0.3 is 20.3 Å². The van der Waals surface area contributed by atoms with Crippen LogP contribution in [0.3, 0.4) is 0 Å². The number of carbonyl (C=O) groups excluding carboxylic acids is 1. The average Bonchev–Trinajstić information content (AvgIpc) is 2.09. The molecule has 0 aliphatic rings. The van der Waals surface area contributed by atoms with Crippen LogP contribution in [0.15, 0.2) is 0 Å². The molecule has 120 valence electrons. The summed E-state index contributed by atoms with van der Waals surface area (Å²) >= 11 is 0. The van der Waals surface area contributed by atoms with Gasteiger partial charge in [-0.1, -0.05) is 0 Å². The fourth-order valence-electron chi connectivity index (χ4n) is 1.19. The van der Waals surface area contributed by atoms with Crippen LogP contribution in [0.2, 0.25) is 0 Å². The van der Waals surface area contributed by atoms with E-state index in [1.54, 1.807) is 6.92 Å². The Morgan fingerprint density at radius 1 is 1.05 bits per heavy atom. The summed E-state index contributed by atoms with van der Waals surface area (Å²) in [5.41, 5.74) is 4.94. The second-order valence-corrected chi connectivity index (χ2v) is 6.51. The van der Waals surface area contributed by atoms with E-state index in [-0.39, 0.29) is 11.7 Å². The zero-order valence-electron chi connectivity index (χ0n) is 13.8. The van der Waals surface area contributed by atoms with Crippen molar-refractivity contribution in [2.24, 2.45) is 5.73 Å². The van der Waals surface area contributed by atoms with E-state index in [0.717, 1.165) is 6.92 Å². The number of carbonyl (C=O) groups is 2. The molecule has 0 saturated carbocycles. The van der Waals surface area contributed by atoms with Crippen LogP contribution >= 0.6 is 0 Å². The third-order valence-corrected chi connectivity index (χ3v) is 1.72. The molecule has 0 saturated heterocycles. The Labute approximate surface area is 121 Å². The van der Waals surface area contributed by atoms with Crippen molar-refractivity contribution in [1.82, 2.24) is 0 Å². The van der Waals surface area contributed by atoms with Gasteiger partial charge in [0.25, 0.3) is 5.97 Å². The zero-order chi connectivity index (χ0) is 16.7. The van der Waals surface area contributed by atoms with Gasteiger partial charge in [0, 0.05) is 6.92 Å². The van der Waals surface area contributed by atoms with E-state index >= 15 is 0 Å². The van der Waals surface area contributed by atoms with Crippen LogP contribution < -0.4 is 5.73 Å². The Hall–Kier alpha value is -1.14. The highest BCUT2D eigenvalue weighted by Gasteiger charge is 2.29. The molecule has 0 aromatic heterocycles. The van der Waals surface area contributed by atoms with Crippen molar-refractivity contribution in [2.75, 3.05) is 0 Å². The van der Waals surface area contributed by atoms with E-state index in [4.69, 9.17) is 25.1 Å². The van der Waals surface area contributed by atoms with Crippen LogP contribution in [0.4, 0.5) is 0 Å². The molecular formula is C14H29NO5. The number of ether oxygens (including phenoxy) is 2. The van der Waals surface area contributed by atoms with Gasteiger partial charge >= 0.3 is 5.97 Å². The highest BCUT2D eigenvalue weighted by molar-refractivity contribution is 5.76. The van der Waals surface area contributed by atoms with Gasteiger partial charge in [0.15, 0.2) is 0 Å². The highest BCUT2D eigenvalue weighted by Crippen LogP contribution is 2.15. The third-order valence-electron chi connectivity index (χ3n) is 1.72. The maximum absolute atomic E-state index is 11.7. The van der Waals surface area contributed by atoms with Crippen molar-refractivity contribution in [3.05, 3.63) is 0 Å². The van der Waals surface area contributed by atoms with Crippen LogP contribution in [-0.2, 0) is 19.1 Å². The smallest absolute Gasteiger partial charge is 0.326 e. The molecule has 0 radical (unpaired) electrons. The molecule has 0 fully saturated rings. The van der Waals surface area contributed by atoms with Gasteiger partial charge in [-0.05, 0) is 48.5 Å². The Morgan fingerprint density at radius 2 is 1.40 bits per heavy atom. The molecule has 0 spiro atoms. The molecule has 0 aliphatic heterocycles. The molecule has 0 aromatic rings. The fraction of sp³-hybridized carbons (Fsp3) is 0.857. The summed E-state index contributed by atoms with van der Waals surface area (Å²) in [6, 6.07) is -0.751. The minimum atomic E-state index is -0.833. The van der Waals surface area contributed by atoms with Gasteiger partial charge in [0.1, 0.15) is 11.6 Å². The Balaban J connectivity index is 0. The number of rotatable bonds is 3. The molecule has 0 aromatic carbocycles. The number of nitrogens with two attached hydrogens (primary N) is 1. The standard InChI is InChI=1S/C12H25NO3.C2H4O2/c1-8(15-11(2,3)4)9(13)10(14)16-12(5,6)7;1-2(3)4/h8-9H,13H2,1-7H3;1H3,(H,3,4)/t8-,9+;/m0./s1. The summed E-state index contributed by atoms with van der Waals surface area (Å²) < 4.78 is 10.8. The van der Waals surface area contributed by atoms with Gasteiger partial charge in [0.2, 0.25) is 0 Å². The van der Waals surface area contributed by atoms with Gasteiger partial charge in [-0.25, -0.2) is 0 Å². The lowest BCUT2D eigenvalue weighted by Crippen LogP contribution is -2.47. The Bertz CT molecular complexity index is 311. The van der Waals surface area contributed by atoms with E-state index in [9.17, 15) is 4.79 Å². The summed E-state index contributed by atoms with van der Waals surface area (Å²) in [4.78, 5) is 20.7. The molecular weight excluding hydrogens is 262 g/mol. The van der Waals surface area contributed by atoms with E-state index in [1.165, 1.54) is 0 Å². The van der Waals surface area contributed by atoms with Crippen molar-refractivity contribution in [3.63, 3.8) is 0 Å². The van der Waals surface area contributed by atoms with Gasteiger partial charge in [-0.3, -0.25) is 9.59 Å². The normalized spacial score (nSPS) is 14.7. The number of esters is 1. The minimum Gasteiger partial charge on any atom is -0.481 e. The fourth-order valence-corrected chi connectivity index (χ4v) is 1.19. The molecule has 6 nitrogen and oxygen atoms in total. The summed E-state index contributed by atoms with van der Waals surface area (Å²) in [7, 11) is 0. The van der Waals surface area contributed by atoms with Crippen LogP contribution in [0.1, 0.15) is 55.4 Å². The Morgan fingerprint density at radius 3 is 1.65 bits per heavy atom.